The number of benzene rings is 1. The summed E-state index contributed by atoms with van der Waals surface area (Å²) in [5, 5.41) is 14.5. The molecular formula is C17H22N2O4. The molecule has 1 aromatic carbocycles. The van der Waals surface area contributed by atoms with Crippen LogP contribution in [0.4, 0.5) is 0 Å². The smallest absolute Gasteiger partial charge is 0.306 e. The van der Waals surface area contributed by atoms with Gasteiger partial charge in [0.1, 0.15) is 0 Å². The molecule has 0 spiro atoms. The van der Waals surface area contributed by atoms with Gasteiger partial charge in [0.15, 0.2) is 0 Å². The van der Waals surface area contributed by atoms with Gasteiger partial charge < -0.3 is 15.7 Å². The Morgan fingerprint density at radius 1 is 1.17 bits per heavy atom. The number of hydrogen-bond donors (Lipinski definition) is 3. The lowest BCUT2D eigenvalue weighted by Crippen LogP contribution is -2.29. The molecular weight excluding hydrogens is 296 g/mol. The summed E-state index contributed by atoms with van der Waals surface area (Å²) in [6.45, 7) is 2.75. The molecule has 1 aliphatic rings. The Labute approximate surface area is 135 Å². The number of carboxylic acid groups (broad SMARTS) is 1. The fraction of sp³-hybridized carbons (Fsp3) is 0.471. The first kappa shape index (κ1) is 17.0. The first-order valence-corrected chi connectivity index (χ1v) is 7.89. The molecule has 6 heteroatoms. The largest absolute Gasteiger partial charge is 0.481 e. The molecule has 2 amide bonds. The molecule has 1 aromatic rings. The highest BCUT2D eigenvalue weighted by Gasteiger charge is 2.33. The van der Waals surface area contributed by atoms with Gasteiger partial charge in [0.05, 0.1) is 5.92 Å². The van der Waals surface area contributed by atoms with Crippen molar-refractivity contribution in [2.24, 2.45) is 11.8 Å². The van der Waals surface area contributed by atoms with Gasteiger partial charge in [-0.1, -0.05) is 12.1 Å². The molecule has 2 rings (SSSR count). The van der Waals surface area contributed by atoms with Gasteiger partial charge in [0, 0.05) is 24.6 Å². The van der Waals surface area contributed by atoms with Crippen molar-refractivity contribution in [1.82, 2.24) is 10.6 Å². The van der Waals surface area contributed by atoms with Crippen LogP contribution in [0.1, 0.15) is 42.1 Å². The van der Waals surface area contributed by atoms with E-state index in [4.69, 9.17) is 5.11 Å². The lowest BCUT2D eigenvalue weighted by molar-refractivity contribution is -0.141. The van der Waals surface area contributed by atoms with Crippen LogP contribution < -0.4 is 10.6 Å². The maximum absolute atomic E-state index is 12.1. The van der Waals surface area contributed by atoms with Gasteiger partial charge in [-0.25, -0.2) is 0 Å². The summed E-state index contributed by atoms with van der Waals surface area (Å²) in [4.78, 5) is 34.8. The molecule has 0 heterocycles. The van der Waals surface area contributed by atoms with Gasteiger partial charge in [-0.05, 0) is 43.9 Å². The molecule has 2 atom stereocenters. The molecule has 0 aliphatic heterocycles. The average molecular weight is 318 g/mol. The summed E-state index contributed by atoms with van der Waals surface area (Å²) in [5.74, 6) is -1.72. The topological polar surface area (TPSA) is 95.5 Å². The predicted octanol–water partition coefficient (Wildman–Crippen LogP) is 1.55. The fourth-order valence-corrected chi connectivity index (χ4v) is 2.86. The second-order valence-electron chi connectivity index (χ2n) is 5.82. The quantitative estimate of drug-likeness (QED) is 0.741. The monoisotopic (exact) mass is 318 g/mol. The van der Waals surface area contributed by atoms with Crippen LogP contribution in [0, 0.1) is 11.8 Å². The molecule has 6 nitrogen and oxygen atoms in total. The molecule has 1 aliphatic carbocycles. The third-order valence-electron chi connectivity index (χ3n) is 4.15. The highest BCUT2D eigenvalue weighted by Crippen LogP contribution is 2.31. The van der Waals surface area contributed by atoms with Crippen LogP contribution in [0.15, 0.2) is 24.3 Å². The van der Waals surface area contributed by atoms with Crippen LogP contribution in [0.5, 0.6) is 0 Å². The predicted molar refractivity (Wildman–Crippen MR) is 84.8 cm³/mol. The molecule has 0 saturated heterocycles. The summed E-state index contributed by atoms with van der Waals surface area (Å²) in [5.41, 5.74) is 1.40. The van der Waals surface area contributed by atoms with Crippen LogP contribution in [0.25, 0.3) is 0 Å². The molecule has 0 aromatic heterocycles. The van der Waals surface area contributed by atoms with E-state index in [1.165, 1.54) is 0 Å². The third kappa shape index (κ3) is 4.55. The van der Waals surface area contributed by atoms with E-state index in [2.05, 4.69) is 10.6 Å². The maximum atomic E-state index is 12.1. The van der Waals surface area contributed by atoms with Crippen molar-refractivity contribution in [2.45, 2.75) is 32.7 Å². The Kier molecular flexibility index (Phi) is 5.73. The summed E-state index contributed by atoms with van der Waals surface area (Å²) in [7, 11) is 0. The number of carbonyl (C=O) groups is 3. The van der Waals surface area contributed by atoms with E-state index >= 15 is 0 Å². The minimum Gasteiger partial charge on any atom is -0.481 e. The Bertz CT molecular complexity index is 600. The third-order valence-corrected chi connectivity index (χ3v) is 4.15. The van der Waals surface area contributed by atoms with Crippen molar-refractivity contribution in [1.29, 1.82) is 0 Å². The van der Waals surface area contributed by atoms with E-state index in [1.54, 1.807) is 18.2 Å². The molecule has 0 unspecified atom stereocenters. The zero-order chi connectivity index (χ0) is 16.8. The Balaban J connectivity index is 1.88. The molecule has 124 valence electrons. The van der Waals surface area contributed by atoms with Gasteiger partial charge >= 0.3 is 5.97 Å². The molecule has 23 heavy (non-hydrogen) atoms. The summed E-state index contributed by atoms with van der Waals surface area (Å²) in [6, 6.07) is 7.10. The second kappa shape index (κ2) is 7.76. The van der Waals surface area contributed by atoms with E-state index in [0.717, 1.165) is 5.56 Å². The highest BCUT2D eigenvalue weighted by atomic mass is 16.4. The molecule has 0 bridgehead atoms. The highest BCUT2D eigenvalue weighted by molar-refractivity contribution is 5.94. The Morgan fingerprint density at radius 2 is 1.91 bits per heavy atom. The van der Waals surface area contributed by atoms with Gasteiger partial charge in [-0.3, -0.25) is 14.4 Å². The number of carbonyl (C=O) groups excluding carboxylic acids is 2. The fourth-order valence-electron chi connectivity index (χ4n) is 2.86. The van der Waals surface area contributed by atoms with Crippen LogP contribution in [-0.2, 0) is 16.1 Å². The standard InChI is InChI=1S/C17H22N2O4/c1-2-18-15(20)12-5-3-4-11(8-12)10-19-16(21)13-6-7-14(9-13)17(22)23/h3-5,8,13-14H,2,6-7,9-10H2,1H3,(H,18,20)(H,19,21)(H,22,23)/t13-,14+/m1/s1. The minimum absolute atomic E-state index is 0.114. The number of nitrogens with one attached hydrogen (secondary N) is 2. The van der Waals surface area contributed by atoms with Crippen molar-refractivity contribution in [3.05, 3.63) is 35.4 Å². The van der Waals surface area contributed by atoms with Gasteiger partial charge in [-0.15, -0.1) is 0 Å². The van der Waals surface area contributed by atoms with Gasteiger partial charge in [0.2, 0.25) is 5.91 Å². The maximum Gasteiger partial charge on any atom is 0.306 e. The number of hydrogen-bond acceptors (Lipinski definition) is 3. The SMILES string of the molecule is CCNC(=O)c1cccc(CNC(=O)[C@@H]2CC[C@H](C(=O)O)C2)c1. The Morgan fingerprint density at radius 3 is 2.57 bits per heavy atom. The lowest BCUT2D eigenvalue weighted by Gasteiger charge is -2.11. The number of rotatable bonds is 6. The van der Waals surface area contributed by atoms with Crippen LogP contribution in [0.2, 0.25) is 0 Å². The average Bonchev–Trinajstić information content (AvgIpc) is 3.03. The van der Waals surface area contributed by atoms with Crippen LogP contribution >= 0.6 is 0 Å². The molecule has 3 N–H and O–H groups in total. The van der Waals surface area contributed by atoms with Crippen LogP contribution in [0.3, 0.4) is 0 Å². The zero-order valence-corrected chi connectivity index (χ0v) is 13.2. The van der Waals surface area contributed by atoms with E-state index in [9.17, 15) is 14.4 Å². The van der Waals surface area contributed by atoms with Crippen molar-refractivity contribution < 1.29 is 19.5 Å². The van der Waals surface area contributed by atoms with Crippen LogP contribution in [-0.4, -0.2) is 29.4 Å². The van der Waals surface area contributed by atoms with Crippen molar-refractivity contribution in [2.75, 3.05) is 6.54 Å². The molecule has 1 fully saturated rings. The van der Waals surface area contributed by atoms with E-state index in [0.29, 0.717) is 37.9 Å². The molecule has 1 saturated carbocycles. The van der Waals surface area contributed by atoms with Gasteiger partial charge in [-0.2, -0.15) is 0 Å². The zero-order valence-electron chi connectivity index (χ0n) is 13.2. The van der Waals surface area contributed by atoms with E-state index in [-0.39, 0.29) is 17.7 Å². The first-order chi connectivity index (χ1) is 11.0. The number of carboxylic acids is 1. The molecule has 0 radical (unpaired) electrons. The summed E-state index contributed by atoms with van der Waals surface area (Å²) in [6.07, 6.45) is 1.57. The number of amides is 2. The minimum atomic E-state index is -0.824. The van der Waals surface area contributed by atoms with Crippen molar-refractivity contribution in [3.63, 3.8) is 0 Å². The normalized spacial score (nSPS) is 20.0. The summed E-state index contributed by atoms with van der Waals surface area (Å²) < 4.78 is 0. The first-order valence-electron chi connectivity index (χ1n) is 7.89. The van der Waals surface area contributed by atoms with Crippen molar-refractivity contribution >= 4 is 17.8 Å². The van der Waals surface area contributed by atoms with E-state index in [1.807, 2.05) is 13.0 Å². The van der Waals surface area contributed by atoms with E-state index < -0.39 is 11.9 Å². The second-order valence-corrected chi connectivity index (χ2v) is 5.82. The Hall–Kier alpha value is -2.37. The van der Waals surface area contributed by atoms with Crippen molar-refractivity contribution in [3.8, 4) is 0 Å². The lowest BCUT2D eigenvalue weighted by atomic mass is 10.0. The summed E-state index contributed by atoms with van der Waals surface area (Å²) >= 11 is 0. The number of aliphatic carboxylic acids is 1. The van der Waals surface area contributed by atoms with Gasteiger partial charge in [0.25, 0.3) is 5.91 Å².